The number of allylic oxidation sites excluding steroid dienone is 2. The Labute approximate surface area is 231 Å². The molecule has 0 bridgehead atoms. The van der Waals surface area contributed by atoms with Crippen molar-refractivity contribution < 1.29 is 43.2 Å². The Hall–Kier alpha value is -2.27. The minimum Gasteiger partial charge on any atom is -0.469 e. The molecule has 0 saturated carbocycles. The first-order chi connectivity index (χ1) is 18.4. The number of hydrogen-bond donors (Lipinski definition) is 2. The molecule has 2 N–H and O–H groups in total. The van der Waals surface area contributed by atoms with Crippen molar-refractivity contribution in [2.24, 2.45) is 5.92 Å². The minimum absolute atomic E-state index is 0.0181. The molecule has 3 rings (SSSR count). The summed E-state index contributed by atoms with van der Waals surface area (Å²) in [7, 11) is 1.35. The van der Waals surface area contributed by atoms with Gasteiger partial charge in [-0.25, -0.2) is 0 Å². The van der Waals surface area contributed by atoms with Crippen LogP contribution in [0.4, 0.5) is 0 Å². The molecule has 0 aromatic heterocycles. The maximum absolute atomic E-state index is 12.4. The fourth-order valence-electron chi connectivity index (χ4n) is 5.36. The Morgan fingerprint density at radius 2 is 1.92 bits per heavy atom. The van der Waals surface area contributed by atoms with Gasteiger partial charge in [-0.3, -0.25) is 14.4 Å². The average molecular weight is 552 g/mol. The lowest BCUT2D eigenvalue weighted by molar-refractivity contribution is -0.157. The number of aliphatic hydroxyl groups excluding tert-OH is 1. The molecule has 1 spiro atoms. The second kappa shape index (κ2) is 13.9. The lowest BCUT2D eigenvalue weighted by Gasteiger charge is -2.39. The summed E-state index contributed by atoms with van der Waals surface area (Å²) in [5.41, 5.74) is 0.366. The molecule has 0 unspecified atom stereocenters. The number of nitrogens with one attached hydrogen (secondary N) is 1. The van der Waals surface area contributed by atoms with E-state index >= 15 is 0 Å². The lowest BCUT2D eigenvalue weighted by atomic mass is 9.87. The number of methoxy groups -OCH3 is 1. The molecule has 3 aliphatic heterocycles. The van der Waals surface area contributed by atoms with Crippen LogP contribution in [0.25, 0.3) is 0 Å². The molecule has 3 heterocycles. The summed E-state index contributed by atoms with van der Waals surface area (Å²) in [6.45, 7) is 9.68. The van der Waals surface area contributed by atoms with Crippen LogP contribution in [-0.2, 0) is 38.1 Å². The first-order valence-corrected chi connectivity index (χ1v) is 13.9. The van der Waals surface area contributed by atoms with Crippen LogP contribution < -0.4 is 5.32 Å². The molecule has 0 aliphatic carbocycles. The molecule has 9 atom stereocenters. The quantitative estimate of drug-likeness (QED) is 0.226. The molecule has 3 saturated heterocycles. The van der Waals surface area contributed by atoms with Gasteiger partial charge in [0.25, 0.3) is 0 Å². The van der Waals surface area contributed by atoms with Crippen molar-refractivity contribution in [1.82, 2.24) is 5.32 Å². The third-order valence-electron chi connectivity index (χ3n) is 7.84. The predicted octanol–water partition coefficient (Wildman–Crippen LogP) is 2.76. The van der Waals surface area contributed by atoms with Crippen molar-refractivity contribution in [1.29, 1.82) is 0 Å². The first-order valence-electron chi connectivity index (χ1n) is 13.9. The number of epoxide rings is 1. The summed E-state index contributed by atoms with van der Waals surface area (Å²) in [5, 5.41) is 13.8. The third kappa shape index (κ3) is 9.13. The van der Waals surface area contributed by atoms with Crippen molar-refractivity contribution in [3.63, 3.8) is 0 Å². The number of amides is 1. The van der Waals surface area contributed by atoms with Crippen LogP contribution in [0.1, 0.15) is 73.1 Å². The molecule has 39 heavy (non-hydrogen) atoms. The summed E-state index contributed by atoms with van der Waals surface area (Å²) in [6, 6.07) is -0.0717. The van der Waals surface area contributed by atoms with Crippen LogP contribution in [0.2, 0.25) is 0 Å². The van der Waals surface area contributed by atoms with E-state index in [1.54, 1.807) is 6.92 Å². The zero-order chi connectivity index (χ0) is 28.7. The van der Waals surface area contributed by atoms with E-state index in [9.17, 15) is 19.5 Å². The number of ether oxygens (including phenoxy) is 5. The summed E-state index contributed by atoms with van der Waals surface area (Å²) in [4.78, 5) is 35.2. The van der Waals surface area contributed by atoms with Crippen molar-refractivity contribution in [3.05, 3.63) is 23.8 Å². The van der Waals surface area contributed by atoms with Gasteiger partial charge in [0.15, 0.2) is 0 Å². The summed E-state index contributed by atoms with van der Waals surface area (Å²) < 4.78 is 27.7. The maximum atomic E-state index is 12.4. The van der Waals surface area contributed by atoms with E-state index in [4.69, 9.17) is 23.7 Å². The van der Waals surface area contributed by atoms with Gasteiger partial charge >= 0.3 is 11.9 Å². The third-order valence-corrected chi connectivity index (χ3v) is 7.84. The van der Waals surface area contributed by atoms with Crippen molar-refractivity contribution in [2.75, 3.05) is 13.7 Å². The highest BCUT2D eigenvalue weighted by molar-refractivity contribution is 5.76. The highest BCUT2D eigenvalue weighted by Crippen LogP contribution is 2.43. The summed E-state index contributed by atoms with van der Waals surface area (Å²) >= 11 is 0. The second-order valence-electron chi connectivity index (χ2n) is 11.3. The van der Waals surface area contributed by atoms with E-state index in [1.165, 1.54) is 14.0 Å². The monoisotopic (exact) mass is 551 g/mol. The van der Waals surface area contributed by atoms with Gasteiger partial charge in [-0.15, -0.1) is 0 Å². The predicted molar refractivity (Wildman–Crippen MR) is 143 cm³/mol. The standard InChI is InChI=1S/C29H45NO9/c1-17(8-11-25-28(34)29(16-36-29)15-22(39-25)14-27(33)35-6)7-10-24-18(2)13-23(20(4)38-24)30-26(32)12-9-19(3)37-21(5)31/h7-8,11,18-20,22-25,28,34H,9-10,12-16H2,1-6H3,(H,30,32)/b11-8+,17-7+/t18-,19-,20+,22+,23+,24-,25+,28+,29+/m0/s1. The molecule has 0 aromatic rings. The van der Waals surface area contributed by atoms with Crippen LogP contribution in [0.15, 0.2) is 23.8 Å². The van der Waals surface area contributed by atoms with E-state index < -0.39 is 17.8 Å². The van der Waals surface area contributed by atoms with Gasteiger partial charge in [0, 0.05) is 19.8 Å². The van der Waals surface area contributed by atoms with Crippen LogP contribution in [0.3, 0.4) is 0 Å². The van der Waals surface area contributed by atoms with Gasteiger partial charge in [-0.1, -0.05) is 30.7 Å². The maximum Gasteiger partial charge on any atom is 0.308 e. The van der Waals surface area contributed by atoms with Crippen molar-refractivity contribution in [3.8, 4) is 0 Å². The molecular weight excluding hydrogens is 506 g/mol. The summed E-state index contributed by atoms with van der Waals surface area (Å²) in [6.07, 6.45) is 6.58. The van der Waals surface area contributed by atoms with E-state index in [0.717, 1.165) is 12.0 Å². The smallest absolute Gasteiger partial charge is 0.308 e. The van der Waals surface area contributed by atoms with Crippen LogP contribution in [-0.4, -0.2) is 84.9 Å². The number of carbonyl (C=O) groups is 3. The summed E-state index contributed by atoms with van der Waals surface area (Å²) in [5.74, 6) is -0.519. The fourth-order valence-corrected chi connectivity index (χ4v) is 5.36. The number of carbonyl (C=O) groups excluding carboxylic acids is 3. The van der Waals surface area contributed by atoms with Crippen LogP contribution in [0.5, 0.6) is 0 Å². The zero-order valence-electron chi connectivity index (χ0n) is 24.0. The van der Waals surface area contributed by atoms with E-state index in [1.807, 2.05) is 26.0 Å². The van der Waals surface area contributed by atoms with E-state index in [2.05, 4.69) is 18.3 Å². The largest absolute Gasteiger partial charge is 0.469 e. The van der Waals surface area contributed by atoms with Crippen molar-refractivity contribution in [2.45, 2.75) is 121 Å². The average Bonchev–Trinajstić information content (AvgIpc) is 3.64. The number of aliphatic hydroxyl groups is 1. The van der Waals surface area contributed by atoms with Gasteiger partial charge in [0.1, 0.15) is 17.8 Å². The molecule has 3 aliphatic rings. The molecule has 10 nitrogen and oxygen atoms in total. The van der Waals surface area contributed by atoms with Crippen molar-refractivity contribution >= 4 is 17.8 Å². The fraction of sp³-hybridized carbons (Fsp3) is 0.759. The molecule has 10 heteroatoms. The molecular formula is C29H45NO9. The Morgan fingerprint density at radius 3 is 2.56 bits per heavy atom. The first kappa shape index (κ1) is 31.3. The Bertz CT molecular complexity index is 928. The number of rotatable bonds is 11. The zero-order valence-corrected chi connectivity index (χ0v) is 24.0. The van der Waals surface area contributed by atoms with Gasteiger partial charge in [-0.2, -0.15) is 0 Å². The van der Waals surface area contributed by atoms with Gasteiger partial charge in [-0.05, 0) is 46.0 Å². The molecule has 0 radical (unpaired) electrons. The van der Waals surface area contributed by atoms with Gasteiger partial charge in [0.05, 0.1) is 50.6 Å². The van der Waals surface area contributed by atoms with E-state index in [0.29, 0.717) is 32.3 Å². The molecule has 1 amide bonds. The topological polar surface area (TPSA) is 133 Å². The Morgan fingerprint density at radius 1 is 1.21 bits per heavy atom. The molecule has 0 aromatic carbocycles. The Kier molecular flexibility index (Phi) is 11.1. The van der Waals surface area contributed by atoms with Gasteiger partial charge in [0.2, 0.25) is 5.91 Å². The van der Waals surface area contributed by atoms with Crippen LogP contribution >= 0.6 is 0 Å². The van der Waals surface area contributed by atoms with Gasteiger partial charge < -0.3 is 34.1 Å². The normalized spacial score (nSPS) is 35.5. The molecule has 3 fully saturated rings. The highest BCUT2D eigenvalue weighted by Gasteiger charge is 2.58. The lowest BCUT2D eigenvalue weighted by Crippen LogP contribution is -2.50. The Balaban J connectivity index is 1.47. The SMILES string of the molecule is COC(=O)C[C@@H]1C[C@@]2(CO2)[C@H](O)[C@@H](/C=C/C(C)=C/C[C@@H]2O[C@H](C)[C@H](NC(=O)CC[C@H](C)OC(C)=O)C[C@@H]2C)O1. The number of esters is 2. The molecule has 220 valence electrons. The highest BCUT2D eigenvalue weighted by atomic mass is 16.6. The van der Waals surface area contributed by atoms with Crippen LogP contribution in [0, 0.1) is 5.92 Å². The minimum atomic E-state index is -0.796. The number of hydrogen-bond acceptors (Lipinski definition) is 9. The second-order valence-corrected chi connectivity index (χ2v) is 11.3. The van der Waals surface area contributed by atoms with E-state index in [-0.39, 0.29) is 60.6 Å².